The Hall–Kier alpha value is -2.04. The van der Waals surface area contributed by atoms with Crippen LogP contribution in [0, 0.1) is 5.82 Å². The van der Waals surface area contributed by atoms with Crippen LogP contribution in [0.3, 0.4) is 0 Å². The van der Waals surface area contributed by atoms with Crippen molar-refractivity contribution in [3.63, 3.8) is 0 Å². The van der Waals surface area contributed by atoms with Crippen molar-refractivity contribution < 1.29 is 13.7 Å². The maximum atomic E-state index is 13.0. The Morgan fingerprint density at radius 1 is 1.29 bits per heavy atom. The van der Waals surface area contributed by atoms with Gasteiger partial charge in [-0.1, -0.05) is 24.2 Å². The molecule has 0 radical (unpaired) electrons. The van der Waals surface area contributed by atoms with Gasteiger partial charge in [-0.05, 0) is 38.0 Å². The van der Waals surface area contributed by atoms with Gasteiger partial charge in [0.15, 0.2) is 5.82 Å². The number of carbonyl (C=O) groups excluding carboxylic acids is 1. The fourth-order valence-electron chi connectivity index (χ4n) is 2.11. The van der Waals surface area contributed by atoms with Gasteiger partial charge in [-0.3, -0.25) is 4.79 Å². The molecule has 0 N–H and O–H groups in total. The zero-order valence-corrected chi connectivity index (χ0v) is 12.5. The molecule has 0 spiro atoms. The molecule has 21 heavy (non-hydrogen) atoms. The lowest BCUT2D eigenvalue weighted by Crippen LogP contribution is -2.21. The topological polar surface area (TPSA) is 56.0 Å². The van der Waals surface area contributed by atoms with Gasteiger partial charge in [0.1, 0.15) is 11.6 Å². The summed E-state index contributed by atoms with van der Waals surface area (Å²) in [6, 6.07) is 6.22. The fraction of sp³-hybridized carbons (Fsp3) is 0.438. The van der Waals surface area contributed by atoms with Gasteiger partial charge in [-0.15, -0.1) is 0 Å². The third-order valence-corrected chi connectivity index (χ3v) is 3.47. The van der Waals surface area contributed by atoms with Crippen LogP contribution in [0.25, 0.3) is 0 Å². The number of aromatic nitrogens is 2. The summed E-state index contributed by atoms with van der Waals surface area (Å²) in [5.41, 5.74) is 0.375. The van der Waals surface area contributed by atoms with E-state index in [1.807, 2.05) is 20.8 Å². The fourth-order valence-corrected chi connectivity index (χ4v) is 2.11. The first-order chi connectivity index (χ1) is 9.93. The van der Waals surface area contributed by atoms with Gasteiger partial charge in [0.25, 0.3) is 0 Å². The van der Waals surface area contributed by atoms with E-state index in [1.165, 1.54) is 12.1 Å². The molecule has 0 aliphatic carbocycles. The van der Waals surface area contributed by atoms with Gasteiger partial charge in [-0.25, -0.2) is 4.39 Å². The van der Waals surface area contributed by atoms with Crippen molar-refractivity contribution in [3.05, 3.63) is 47.4 Å². The van der Waals surface area contributed by atoms with E-state index in [1.54, 1.807) is 12.1 Å². The van der Waals surface area contributed by atoms with Gasteiger partial charge in [0.05, 0.1) is 11.8 Å². The van der Waals surface area contributed by atoms with E-state index in [-0.39, 0.29) is 18.0 Å². The predicted octanol–water partition coefficient (Wildman–Crippen LogP) is 3.45. The third kappa shape index (κ3) is 3.54. The Morgan fingerprint density at radius 3 is 2.57 bits per heavy atom. The molecule has 2 rings (SSSR count). The van der Waals surface area contributed by atoms with E-state index in [2.05, 4.69) is 10.1 Å². The number of Topliss-reactive ketones (excluding diaryl/α,β-unsaturated/α-hetero) is 1. The van der Waals surface area contributed by atoms with Crippen molar-refractivity contribution in [1.82, 2.24) is 10.1 Å². The SMILES string of the molecule is CCCC(=O)Cc1nc(C(C)(C)c2ccc(F)cc2)no1. The van der Waals surface area contributed by atoms with E-state index in [0.29, 0.717) is 18.1 Å². The number of rotatable bonds is 6. The van der Waals surface area contributed by atoms with Crippen LogP contribution in [0.2, 0.25) is 0 Å². The molecule has 0 unspecified atom stereocenters. The van der Waals surface area contributed by atoms with Crippen LogP contribution in [0.1, 0.15) is 50.9 Å². The first-order valence-corrected chi connectivity index (χ1v) is 7.04. The molecule has 0 amide bonds. The van der Waals surface area contributed by atoms with Gasteiger partial charge < -0.3 is 4.52 Å². The van der Waals surface area contributed by atoms with Crippen molar-refractivity contribution >= 4 is 5.78 Å². The van der Waals surface area contributed by atoms with Crippen LogP contribution in [0.5, 0.6) is 0 Å². The number of ketones is 1. The Kier molecular flexibility index (Phi) is 4.50. The van der Waals surface area contributed by atoms with E-state index < -0.39 is 5.41 Å². The lowest BCUT2D eigenvalue weighted by Gasteiger charge is -2.20. The molecule has 2 aromatic rings. The molecular weight excluding hydrogens is 271 g/mol. The monoisotopic (exact) mass is 290 g/mol. The van der Waals surface area contributed by atoms with Crippen molar-refractivity contribution in [3.8, 4) is 0 Å². The Bertz CT molecular complexity index is 617. The second-order valence-electron chi connectivity index (χ2n) is 5.61. The molecule has 0 saturated carbocycles. The molecule has 5 heteroatoms. The van der Waals surface area contributed by atoms with E-state index in [4.69, 9.17) is 4.52 Å². The number of benzene rings is 1. The number of hydrogen-bond acceptors (Lipinski definition) is 4. The van der Waals surface area contributed by atoms with Gasteiger partial charge in [-0.2, -0.15) is 4.98 Å². The van der Waals surface area contributed by atoms with Crippen LogP contribution in [0.4, 0.5) is 4.39 Å². The second kappa shape index (κ2) is 6.16. The minimum absolute atomic E-state index is 0.0901. The summed E-state index contributed by atoms with van der Waals surface area (Å²) in [5.74, 6) is 0.632. The van der Waals surface area contributed by atoms with Crippen LogP contribution >= 0.6 is 0 Å². The van der Waals surface area contributed by atoms with Crippen LogP contribution in [-0.4, -0.2) is 15.9 Å². The highest BCUT2D eigenvalue weighted by molar-refractivity contribution is 5.79. The number of hydrogen-bond donors (Lipinski definition) is 0. The summed E-state index contributed by atoms with van der Waals surface area (Å²) in [4.78, 5) is 15.9. The normalized spacial score (nSPS) is 11.6. The smallest absolute Gasteiger partial charge is 0.234 e. The van der Waals surface area contributed by atoms with Gasteiger partial charge in [0.2, 0.25) is 5.89 Å². The minimum atomic E-state index is -0.511. The van der Waals surface area contributed by atoms with E-state index in [0.717, 1.165) is 12.0 Å². The zero-order valence-electron chi connectivity index (χ0n) is 12.5. The van der Waals surface area contributed by atoms with Gasteiger partial charge >= 0.3 is 0 Å². The maximum Gasteiger partial charge on any atom is 0.234 e. The molecule has 4 nitrogen and oxygen atoms in total. The molecule has 0 atom stereocenters. The molecule has 0 aliphatic heterocycles. The van der Waals surface area contributed by atoms with Crippen LogP contribution < -0.4 is 0 Å². The summed E-state index contributed by atoms with van der Waals surface area (Å²) in [6.07, 6.45) is 1.49. The zero-order chi connectivity index (χ0) is 15.5. The molecule has 1 aromatic carbocycles. The number of halogens is 1. The van der Waals surface area contributed by atoms with Crippen molar-refractivity contribution in [1.29, 1.82) is 0 Å². The highest BCUT2D eigenvalue weighted by Gasteiger charge is 2.29. The maximum absolute atomic E-state index is 13.0. The minimum Gasteiger partial charge on any atom is -0.339 e. The Morgan fingerprint density at radius 2 is 1.95 bits per heavy atom. The summed E-state index contributed by atoms with van der Waals surface area (Å²) in [5, 5.41) is 3.97. The van der Waals surface area contributed by atoms with Crippen molar-refractivity contribution in [2.24, 2.45) is 0 Å². The molecule has 0 saturated heterocycles. The number of nitrogens with zero attached hydrogens (tertiary/aromatic N) is 2. The van der Waals surface area contributed by atoms with Crippen molar-refractivity contribution in [2.45, 2.75) is 45.4 Å². The lowest BCUT2D eigenvalue weighted by atomic mass is 9.84. The lowest BCUT2D eigenvalue weighted by molar-refractivity contribution is -0.118. The van der Waals surface area contributed by atoms with Gasteiger partial charge in [0, 0.05) is 6.42 Å². The van der Waals surface area contributed by atoms with E-state index in [9.17, 15) is 9.18 Å². The third-order valence-electron chi connectivity index (χ3n) is 3.47. The molecule has 0 fully saturated rings. The first-order valence-electron chi connectivity index (χ1n) is 7.04. The second-order valence-corrected chi connectivity index (χ2v) is 5.61. The quantitative estimate of drug-likeness (QED) is 0.817. The average molecular weight is 290 g/mol. The largest absolute Gasteiger partial charge is 0.339 e. The molecule has 0 aliphatic rings. The molecule has 112 valence electrons. The molecule has 1 heterocycles. The average Bonchev–Trinajstić information content (AvgIpc) is 2.88. The highest BCUT2D eigenvalue weighted by Crippen LogP contribution is 2.29. The summed E-state index contributed by atoms with van der Waals surface area (Å²) in [6.45, 7) is 5.82. The Labute approximate surface area is 123 Å². The molecular formula is C16H19FN2O2. The van der Waals surface area contributed by atoms with Crippen LogP contribution in [0.15, 0.2) is 28.8 Å². The molecule has 1 aromatic heterocycles. The summed E-state index contributed by atoms with van der Waals surface area (Å²) < 4.78 is 18.2. The standard InChI is InChI=1S/C16H19FN2O2/c1-4-5-13(20)10-14-18-15(19-21-14)16(2,3)11-6-8-12(17)9-7-11/h6-9H,4-5,10H2,1-3H3. The molecule has 0 bridgehead atoms. The van der Waals surface area contributed by atoms with Crippen molar-refractivity contribution in [2.75, 3.05) is 0 Å². The summed E-state index contributed by atoms with van der Waals surface area (Å²) >= 11 is 0. The Balaban J connectivity index is 2.19. The summed E-state index contributed by atoms with van der Waals surface area (Å²) in [7, 11) is 0. The number of carbonyl (C=O) groups is 1. The predicted molar refractivity (Wildman–Crippen MR) is 76.4 cm³/mol. The van der Waals surface area contributed by atoms with Crippen LogP contribution in [-0.2, 0) is 16.6 Å². The van der Waals surface area contributed by atoms with E-state index >= 15 is 0 Å². The first kappa shape index (κ1) is 15.4. The highest BCUT2D eigenvalue weighted by atomic mass is 19.1.